The van der Waals surface area contributed by atoms with E-state index in [1.807, 2.05) is 32.6 Å². The molecule has 4 rings (SSSR count). The van der Waals surface area contributed by atoms with Crippen LogP contribution in [0.2, 0.25) is 5.02 Å². The van der Waals surface area contributed by atoms with Gasteiger partial charge in [-0.15, -0.1) is 0 Å². The van der Waals surface area contributed by atoms with E-state index in [9.17, 15) is 28.3 Å². The van der Waals surface area contributed by atoms with E-state index < -0.39 is 46.7 Å². The molecule has 1 saturated heterocycles. The van der Waals surface area contributed by atoms with Crippen LogP contribution in [0, 0.1) is 11.6 Å². The summed E-state index contributed by atoms with van der Waals surface area (Å²) in [5.41, 5.74) is -0.616. The lowest BCUT2D eigenvalue weighted by atomic mass is 9.89. The Morgan fingerprint density at radius 1 is 1.15 bits per heavy atom. The van der Waals surface area contributed by atoms with E-state index in [1.54, 1.807) is 4.57 Å². The van der Waals surface area contributed by atoms with Crippen molar-refractivity contribution in [2.45, 2.75) is 77.4 Å². The summed E-state index contributed by atoms with van der Waals surface area (Å²) in [5.74, 6) is -4.53. The topological polar surface area (TPSA) is 113 Å². The van der Waals surface area contributed by atoms with Crippen LogP contribution in [0.1, 0.15) is 73.5 Å². The molecular formula is C28H35ClF2N4O5. The van der Waals surface area contributed by atoms with Gasteiger partial charge in [-0.05, 0) is 65.5 Å². The molecule has 2 amide bonds. The molecule has 1 unspecified atom stereocenters. The first-order valence-corrected chi connectivity index (χ1v) is 13.7. The van der Waals surface area contributed by atoms with E-state index in [4.69, 9.17) is 16.3 Å². The fourth-order valence-corrected chi connectivity index (χ4v) is 5.61. The van der Waals surface area contributed by atoms with E-state index in [1.165, 1.54) is 6.07 Å². The number of ether oxygens (including phenoxy) is 1. The molecule has 0 aliphatic carbocycles. The number of piperidine rings is 1. The van der Waals surface area contributed by atoms with Crippen LogP contribution in [-0.4, -0.2) is 69.2 Å². The second-order valence-electron chi connectivity index (χ2n) is 11.7. The van der Waals surface area contributed by atoms with Gasteiger partial charge >= 0.3 is 0 Å². The van der Waals surface area contributed by atoms with Gasteiger partial charge in [0, 0.05) is 49.2 Å². The van der Waals surface area contributed by atoms with Gasteiger partial charge in [-0.1, -0.05) is 11.6 Å². The highest BCUT2D eigenvalue weighted by Gasteiger charge is 2.38. The number of rotatable bonds is 8. The van der Waals surface area contributed by atoms with Crippen LogP contribution in [0.15, 0.2) is 18.2 Å². The average Bonchev–Trinajstić information content (AvgIpc) is 3.40. The molecule has 3 N–H and O–H groups in total. The van der Waals surface area contributed by atoms with Gasteiger partial charge in [-0.25, -0.2) is 8.78 Å². The molecule has 1 aromatic heterocycles. The van der Waals surface area contributed by atoms with Crippen LogP contribution >= 0.6 is 11.6 Å². The normalized spacial score (nSPS) is 17.8. The van der Waals surface area contributed by atoms with Crippen molar-refractivity contribution < 1.29 is 33.0 Å². The van der Waals surface area contributed by atoms with Gasteiger partial charge in [0.1, 0.15) is 5.69 Å². The van der Waals surface area contributed by atoms with Gasteiger partial charge in [0.2, 0.25) is 0 Å². The van der Waals surface area contributed by atoms with Crippen molar-refractivity contribution in [3.63, 3.8) is 0 Å². The number of ketones is 1. The van der Waals surface area contributed by atoms with Crippen molar-refractivity contribution in [2.75, 3.05) is 25.0 Å². The number of benzene rings is 1. The molecule has 1 fully saturated rings. The van der Waals surface area contributed by atoms with Crippen molar-refractivity contribution in [1.82, 2.24) is 14.8 Å². The van der Waals surface area contributed by atoms with Gasteiger partial charge in [0.15, 0.2) is 17.9 Å². The number of fused-ring (bicyclic) bond motifs is 1. The van der Waals surface area contributed by atoms with Crippen molar-refractivity contribution in [3.05, 3.63) is 51.8 Å². The Labute approximate surface area is 236 Å². The zero-order chi connectivity index (χ0) is 29.4. The van der Waals surface area contributed by atoms with Crippen LogP contribution in [0.4, 0.5) is 14.5 Å². The Kier molecular flexibility index (Phi) is 8.70. The molecule has 2 aliphatic heterocycles. The number of aromatic nitrogens is 1. The van der Waals surface area contributed by atoms with Crippen molar-refractivity contribution in [3.8, 4) is 0 Å². The van der Waals surface area contributed by atoms with Gasteiger partial charge in [-0.3, -0.25) is 19.3 Å². The summed E-state index contributed by atoms with van der Waals surface area (Å²) < 4.78 is 34.1. The molecule has 1 atom stereocenters. The van der Waals surface area contributed by atoms with Crippen LogP contribution in [-0.2, 0) is 22.5 Å². The largest absolute Gasteiger partial charge is 0.367 e. The summed E-state index contributed by atoms with van der Waals surface area (Å²) in [6, 6.07) is 2.95. The number of carbonyl (C=O) groups excluding carboxylic acids is 3. The minimum absolute atomic E-state index is 0.0280. The molecule has 12 heteroatoms. The molecule has 0 spiro atoms. The molecule has 0 bridgehead atoms. The minimum atomic E-state index is -1.12. The number of hydrogen-bond donors (Lipinski definition) is 3. The number of aliphatic hydroxyl groups excluding tert-OH is 1. The first kappa shape index (κ1) is 30.1. The summed E-state index contributed by atoms with van der Waals surface area (Å²) in [6.07, 6.45) is 1.28. The molecule has 40 heavy (non-hydrogen) atoms. The number of aliphatic hydroxyl groups is 1. The summed E-state index contributed by atoms with van der Waals surface area (Å²) in [5, 5.41) is 15.4. The van der Waals surface area contributed by atoms with E-state index in [0.29, 0.717) is 57.6 Å². The lowest BCUT2D eigenvalue weighted by Gasteiger charge is -2.40. The maximum atomic E-state index is 13.6. The Morgan fingerprint density at radius 2 is 1.82 bits per heavy atom. The van der Waals surface area contributed by atoms with E-state index in [-0.39, 0.29) is 22.0 Å². The number of amides is 2. The maximum Gasteiger partial charge on any atom is 0.294 e. The van der Waals surface area contributed by atoms with E-state index >= 15 is 0 Å². The van der Waals surface area contributed by atoms with Gasteiger partial charge in [0.05, 0.1) is 16.2 Å². The fraction of sp³-hybridized carbons (Fsp3) is 0.536. The van der Waals surface area contributed by atoms with Crippen molar-refractivity contribution >= 4 is 34.9 Å². The lowest BCUT2D eigenvalue weighted by Crippen LogP contribution is -2.55. The number of halogens is 3. The van der Waals surface area contributed by atoms with Crippen LogP contribution in [0.5, 0.6) is 0 Å². The summed E-state index contributed by atoms with van der Waals surface area (Å²) in [6.45, 7) is 9.38. The highest BCUT2D eigenvalue weighted by molar-refractivity contribution is 6.48. The van der Waals surface area contributed by atoms with Gasteiger partial charge < -0.3 is 25.0 Å². The second kappa shape index (κ2) is 11.6. The zero-order valence-corrected chi connectivity index (χ0v) is 23.8. The Bertz CT molecular complexity index is 1310. The number of likely N-dealkylation sites (tertiary alicyclic amines) is 1. The molecule has 2 aliphatic rings. The molecule has 0 saturated carbocycles. The number of hydrogen-bond acceptors (Lipinski definition) is 6. The third-order valence-electron chi connectivity index (χ3n) is 7.21. The molecule has 218 valence electrons. The number of β-amino-alcohol motifs (C(OH)–C–C–N with tert-alkyl or cyclic N) is 1. The second-order valence-corrected chi connectivity index (χ2v) is 12.0. The maximum absolute atomic E-state index is 13.6. The SMILES string of the molecule is CC1(NC(=O)C(=O)c2c(Cl)c(C(=O)Nc3ccc(F)c(F)c3)c3n2CCC3)CCN(CC(O)OC(C)(C)C)CC1. The predicted octanol–water partition coefficient (Wildman–Crippen LogP) is 3.91. The summed E-state index contributed by atoms with van der Waals surface area (Å²) in [7, 11) is 0. The van der Waals surface area contributed by atoms with E-state index in [2.05, 4.69) is 10.6 Å². The summed E-state index contributed by atoms with van der Waals surface area (Å²) >= 11 is 6.54. The molecule has 0 radical (unpaired) electrons. The first-order chi connectivity index (χ1) is 18.7. The van der Waals surface area contributed by atoms with Crippen molar-refractivity contribution in [2.24, 2.45) is 0 Å². The number of anilines is 1. The van der Waals surface area contributed by atoms with E-state index in [0.717, 1.165) is 12.1 Å². The highest BCUT2D eigenvalue weighted by Crippen LogP contribution is 2.34. The van der Waals surface area contributed by atoms with Gasteiger partial charge in [-0.2, -0.15) is 0 Å². The summed E-state index contributed by atoms with van der Waals surface area (Å²) in [4.78, 5) is 41.6. The number of nitrogens with zero attached hydrogens (tertiary/aromatic N) is 2. The number of carbonyl (C=O) groups is 3. The monoisotopic (exact) mass is 580 g/mol. The molecule has 2 aromatic rings. The quantitative estimate of drug-likeness (QED) is 0.248. The Balaban J connectivity index is 1.44. The predicted molar refractivity (Wildman–Crippen MR) is 145 cm³/mol. The standard InChI is InChI=1S/C28H35ClF2N4O5/c1-27(2,3)40-20(36)15-34-12-9-28(4,10-13-34)33-26(39)24(37)23-22(29)21(19-6-5-11-35(19)23)25(38)32-16-7-8-17(30)18(31)14-16/h7-8,14,20,36H,5-6,9-13,15H2,1-4H3,(H,32,38)(H,33,39). The third kappa shape index (κ3) is 6.71. The van der Waals surface area contributed by atoms with Crippen LogP contribution < -0.4 is 10.6 Å². The van der Waals surface area contributed by atoms with Gasteiger partial charge in [0.25, 0.3) is 17.6 Å². The first-order valence-electron chi connectivity index (χ1n) is 13.3. The fourth-order valence-electron chi connectivity index (χ4n) is 5.22. The minimum Gasteiger partial charge on any atom is -0.367 e. The lowest BCUT2D eigenvalue weighted by molar-refractivity contribution is -0.175. The Hall–Kier alpha value is -2.86. The average molecular weight is 581 g/mol. The Morgan fingerprint density at radius 3 is 2.45 bits per heavy atom. The van der Waals surface area contributed by atoms with Crippen LogP contribution in [0.3, 0.4) is 0 Å². The van der Waals surface area contributed by atoms with Crippen molar-refractivity contribution in [1.29, 1.82) is 0 Å². The molecular weight excluding hydrogens is 546 g/mol. The third-order valence-corrected chi connectivity index (χ3v) is 7.58. The molecule has 1 aromatic carbocycles. The number of nitrogens with one attached hydrogen (secondary N) is 2. The smallest absolute Gasteiger partial charge is 0.294 e. The zero-order valence-electron chi connectivity index (χ0n) is 23.1. The number of Topliss-reactive ketones (excluding diaryl/α,β-unsaturated/α-hetero) is 1. The van der Waals surface area contributed by atoms with Crippen LogP contribution in [0.25, 0.3) is 0 Å². The highest BCUT2D eigenvalue weighted by atomic mass is 35.5. The molecule has 9 nitrogen and oxygen atoms in total. The molecule has 3 heterocycles.